The van der Waals surface area contributed by atoms with Gasteiger partial charge in [-0.3, -0.25) is 14.8 Å². The van der Waals surface area contributed by atoms with E-state index in [2.05, 4.69) is 25.3 Å². The van der Waals surface area contributed by atoms with Crippen LogP contribution in [0, 0.1) is 6.92 Å². The van der Waals surface area contributed by atoms with Crippen LogP contribution in [0.5, 0.6) is 0 Å². The Morgan fingerprint density at radius 1 is 1.11 bits per heavy atom. The number of pyridine rings is 3. The Morgan fingerprint density at radius 2 is 1.96 bits per heavy atom. The number of hydrogen-bond acceptors (Lipinski definition) is 4. The Bertz CT molecular complexity index is 1170. The van der Waals surface area contributed by atoms with Crippen LogP contribution < -0.4 is 5.32 Å². The van der Waals surface area contributed by atoms with Crippen molar-refractivity contribution in [1.82, 2.24) is 19.9 Å². The maximum absolute atomic E-state index is 11.6. The van der Waals surface area contributed by atoms with Crippen molar-refractivity contribution in [2.75, 3.05) is 11.2 Å². The van der Waals surface area contributed by atoms with Crippen LogP contribution in [-0.2, 0) is 4.79 Å². The van der Waals surface area contributed by atoms with Gasteiger partial charge in [-0.05, 0) is 31.2 Å². The van der Waals surface area contributed by atoms with Gasteiger partial charge in [-0.2, -0.15) is 0 Å². The molecular weight excluding hydrogens is 397 g/mol. The second-order valence-electron chi connectivity index (χ2n) is 6.22. The van der Waals surface area contributed by atoms with Crippen LogP contribution in [-0.4, -0.2) is 31.7 Å². The molecule has 0 saturated carbocycles. The molecule has 0 atom stereocenters. The van der Waals surface area contributed by atoms with Gasteiger partial charge in [0.05, 0.1) is 21.7 Å². The van der Waals surface area contributed by atoms with E-state index in [4.69, 9.17) is 23.2 Å². The van der Waals surface area contributed by atoms with E-state index < -0.39 is 0 Å². The Kier molecular flexibility index (Phi) is 4.98. The van der Waals surface area contributed by atoms with E-state index in [9.17, 15) is 4.79 Å². The molecule has 0 fully saturated rings. The summed E-state index contributed by atoms with van der Waals surface area (Å²) in [6, 6.07) is 9.42. The lowest BCUT2D eigenvalue weighted by Crippen LogP contribution is -2.13. The quantitative estimate of drug-likeness (QED) is 0.471. The molecule has 0 spiro atoms. The average Bonchev–Trinajstić information content (AvgIpc) is 3.07. The third kappa shape index (κ3) is 3.56. The number of alkyl halides is 1. The number of nitrogens with zero attached hydrogens (tertiary/aromatic N) is 3. The van der Waals surface area contributed by atoms with Gasteiger partial charge in [0, 0.05) is 41.0 Å². The molecule has 0 radical (unpaired) electrons. The van der Waals surface area contributed by atoms with Gasteiger partial charge in [0.2, 0.25) is 5.91 Å². The molecule has 0 aliphatic carbocycles. The molecule has 1 amide bonds. The third-order valence-electron chi connectivity index (χ3n) is 4.24. The SMILES string of the molecule is Cc1ccc(-c2c(-c3ccnc(NC(=O)CCl)c3)[nH]c3cc(Cl)cnc23)cn1. The zero-order valence-electron chi connectivity index (χ0n) is 14.8. The molecule has 0 bridgehead atoms. The summed E-state index contributed by atoms with van der Waals surface area (Å²) in [6.07, 6.45) is 5.06. The minimum Gasteiger partial charge on any atom is -0.353 e. The first-order chi connectivity index (χ1) is 13.5. The lowest BCUT2D eigenvalue weighted by Gasteiger charge is -2.08. The van der Waals surface area contributed by atoms with Crippen LogP contribution in [0.15, 0.2) is 48.9 Å². The maximum Gasteiger partial charge on any atom is 0.240 e. The number of aromatic amines is 1. The monoisotopic (exact) mass is 411 g/mol. The Hall–Kier alpha value is -2.96. The van der Waals surface area contributed by atoms with Crippen molar-refractivity contribution in [1.29, 1.82) is 0 Å². The number of amides is 1. The fourth-order valence-corrected chi connectivity index (χ4v) is 3.22. The van der Waals surface area contributed by atoms with Crippen LogP contribution in [0.1, 0.15) is 5.69 Å². The van der Waals surface area contributed by atoms with Gasteiger partial charge in [-0.1, -0.05) is 17.7 Å². The number of rotatable bonds is 4. The summed E-state index contributed by atoms with van der Waals surface area (Å²) in [6.45, 7) is 1.94. The predicted octanol–water partition coefficient (Wildman–Crippen LogP) is 4.83. The molecule has 8 heteroatoms. The van der Waals surface area contributed by atoms with Gasteiger partial charge in [-0.25, -0.2) is 4.98 Å². The van der Waals surface area contributed by atoms with Crippen molar-refractivity contribution < 1.29 is 4.79 Å². The van der Waals surface area contributed by atoms with E-state index in [1.54, 1.807) is 18.5 Å². The van der Waals surface area contributed by atoms with Crippen LogP contribution >= 0.6 is 23.2 Å². The minimum absolute atomic E-state index is 0.138. The summed E-state index contributed by atoms with van der Waals surface area (Å²) >= 11 is 11.7. The summed E-state index contributed by atoms with van der Waals surface area (Å²) in [5, 5.41) is 3.21. The van der Waals surface area contributed by atoms with Crippen LogP contribution in [0.25, 0.3) is 33.4 Å². The number of anilines is 1. The zero-order chi connectivity index (χ0) is 19.7. The largest absolute Gasteiger partial charge is 0.353 e. The van der Waals surface area contributed by atoms with E-state index in [-0.39, 0.29) is 11.8 Å². The first kappa shape index (κ1) is 18.4. The summed E-state index contributed by atoms with van der Waals surface area (Å²) in [5.74, 6) is -0.0405. The van der Waals surface area contributed by atoms with Gasteiger partial charge in [0.1, 0.15) is 11.7 Å². The second-order valence-corrected chi connectivity index (χ2v) is 6.93. The van der Waals surface area contributed by atoms with E-state index in [0.717, 1.165) is 39.1 Å². The molecule has 4 rings (SSSR count). The van der Waals surface area contributed by atoms with Crippen molar-refractivity contribution >= 4 is 46.0 Å². The number of hydrogen-bond donors (Lipinski definition) is 2. The number of nitrogens with one attached hydrogen (secondary N) is 2. The molecule has 0 aliphatic heterocycles. The van der Waals surface area contributed by atoms with Gasteiger partial charge < -0.3 is 10.3 Å². The molecule has 2 N–H and O–H groups in total. The zero-order valence-corrected chi connectivity index (χ0v) is 16.3. The fourth-order valence-electron chi connectivity index (χ4n) is 2.99. The van der Waals surface area contributed by atoms with Gasteiger partial charge >= 0.3 is 0 Å². The first-order valence-electron chi connectivity index (χ1n) is 8.47. The maximum atomic E-state index is 11.6. The molecular formula is C20H15Cl2N5O. The van der Waals surface area contributed by atoms with Gasteiger partial charge in [0.15, 0.2) is 0 Å². The number of aromatic nitrogens is 4. The lowest BCUT2D eigenvalue weighted by molar-refractivity contribution is -0.113. The smallest absolute Gasteiger partial charge is 0.240 e. The Morgan fingerprint density at radius 3 is 2.71 bits per heavy atom. The molecule has 4 heterocycles. The Balaban J connectivity index is 1.91. The normalized spacial score (nSPS) is 11.0. The fraction of sp³-hybridized carbons (Fsp3) is 0.100. The predicted molar refractivity (Wildman–Crippen MR) is 112 cm³/mol. The number of halogens is 2. The summed E-state index contributed by atoms with van der Waals surface area (Å²) in [7, 11) is 0. The molecule has 6 nitrogen and oxygen atoms in total. The van der Waals surface area contributed by atoms with Crippen LogP contribution in [0.2, 0.25) is 5.02 Å². The van der Waals surface area contributed by atoms with E-state index in [1.165, 1.54) is 0 Å². The number of carbonyl (C=O) groups is 1. The number of H-pyrrole nitrogens is 1. The number of carbonyl (C=O) groups excluding carboxylic acids is 1. The molecule has 0 unspecified atom stereocenters. The molecule has 0 aromatic carbocycles. The van der Waals surface area contributed by atoms with Crippen molar-refractivity contribution in [2.45, 2.75) is 6.92 Å². The van der Waals surface area contributed by atoms with Crippen LogP contribution in [0.3, 0.4) is 0 Å². The molecule has 4 aromatic rings. The number of fused-ring (bicyclic) bond motifs is 1. The first-order valence-corrected chi connectivity index (χ1v) is 9.39. The third-order valence-corrected chi connectivity index (χ3v) is 4.69. The van der Waals surface area contributed by atoms with E-state index >= 15 is 0 Å². The molecule has 0 aliphatic rings. The van der Waals surface area contributed by atoms with Crippen LogP contribution in [0.4, 0.5) is 5.82 Å². The highest BCUT2D eigenvalue weighted by Crippen LogP contribution is 2.38. The Labute approximate surface area is 171 Å². The molecule has 28 heavy (non-hydrogen) atoms. The van der Waals surface area contributed by atoms with Gasteiger partial charge in [0.25, 0.3) is 0 Å². The molecule has 140 valence electrons. The van der Waals surface area contributed by atoms with Crippen molar-refractivity contribution in [3.63, 3.8) is 0 Å². The van der Waals surface area contributed by atoms with Crippen molar-refractivity contribution in [3.8, 4) is 22.4 Å². The van der Waals surface area contributed by atoms with E-state index in [0.29, 0.717) is 10.8 Å². The standard InChI is InChI=1S/C20H15Cl2N5O/c1-11-2-3-13(9-24-11)18-19(26-15-7-14(22)10-25-20(15)18)12-4-5-23-16(6-12)27-17(28)8-21/h2-7,9-10,26H,8H2,1H3,(H,23,27,28). The van der Waals surface area contributed by atoms with Crippen molar-refractivity contribution in [3.05, 3.63) is 59.6 Å². The summed E-state index contributed by atoms with van der Waals surface area (Å²) in [5.41, 5.74) is 6.01. The second kappa shape index (κ2) is 7.58. The van der Waals surface area contributed by atoms with E-state index in [1.807, 2.05) is 37.4 Å². The lowest BCUT2D eigenvalue weighted by atomic mass is 10.0. The highest BCUT2D eigenvalue weighted by Gasteiger charge is 2.17. The molecule has 0 saturated heterocycles. The van der Waals surface area contributed by atoms with Crippen molar-refractivity contribution in [2.24, 2.45) is 0 Å². The molecule has 4 aromatic heterocycles. The highest BCUT2D eigenvalue weighted by molar-refractivity contribution is 6.31. The summed E-state index contributed by atoms with van der Waals surface area (Å²) < 4.78 is 0. The summed E-state index contributed by atoms with van der Waals surface area (Å²) in [4.78, 5) is 28.1. The van der Waals surface area contributed by atoms with Gasteiger partial charge in [-0.15, -0.1) is 11.6 Å². The topological polar surface area (TPSA) is 83.6 Å². The highest BCUT2D eigenvalue weighted by atomic mass is 35.5. The minimum atomic E-state index is -0.320. The average molecular weight is 412 g/mol. The number of aryl methyl sites for hydroxylation is 1.